The van der Waals surface area contributed by atoms with Crippen LogP contribution in [-0.4, -0.2) is 13.1 Å². The fraction of sp³-hybridized carbons (Fsp3) is 0.625. The molecule has 0 spiro atoms. The zero-order valence-corrected chi connectivity index (χ0v) is 13.0. The Kier molecular flexibility index (Phi) is 6.67. The van der Waals surface area contributed by atoms with Gasteiger partial charge in [-0.1, -0.05) is 26.0 Å². The first-order chi connectivity index (χ1) is 8.66. The summed E-state index contributed by atoms with van der Waals surface area (Å²) in [5, 5.41) is 0. The highest BCUT2D eigenvalue weighted by Gasteiger charge is 2.13. The van der Waals surface area contributed by atoms with Crippen molar-refractivity contribution in [1.29, 1.82) is 0 Å². The summed E-state index contributed by atoms with van der Waals surface area (Å²) >= 11 is 0. The molecule has 0 aliphatic carbocycles. The number of rotatable bonds is 5. The highest BCUT2D eigenvalue weighted by atomic mass is 35.5. The van der Waals surface area contributed by atoms with Gasteiger partial charge in [0, 0.05) is 24.8 Å². The second-order valence-electron chi connectivity index (χ2n) is 5.86. The molecule has 0 unspecified atom stereocenters. The van der Waals surface area contributed by atoms with Crippen LogP contribution >= 0.6 is 12.4 Å². The van der Waals surface area contributed by atoms with E-state index >= 15 is 0 Å². The van der Waals surface area contributed by atoms with Gasteiger partial charge in [-0.05, 0) is 49.3 Å². The van der Waals surface area contributed by atoms with Crippen LogP contribution in [0.3, 0.4) is 0 Å². The van der Waals surface area contributed by atoms with Crippen LogP contribution in [0.2, 0.25) is 0 Å². The van der Waals surface area contributed by atoms with Crippen molar-refractivity contribution in [3.63, 3.8) is 0 Å². The lowest BCUT2D eigenvalue weighted by molar-refractivity contribution is 0.507. The maximum atomic E-state index is 6.23. The van der Waals surface area contributed by atoms with E-state index in [1.807, 2.05) is 0 Å². The van der Waals surface area contributed by atoms with Gasteiger partial charge in [0.1, 0.15) is 0 Å². The SMILES string of the molecule is CC(C)CC[C@@H](N)c1ccc(N2CCCC2)cc1.Cl. The summed E-state index contributed by atoms with van der Waals surface area (Å²) in [7, 11) is 0. The van der Waals surface area contributed by atoms with E-state index in [0.29, 0.717) is 0 Å². The zero-order valence-electron chi connectivity index (χ0n) is 12.1. The Bertz CT molecular complexity index is 356. The number of benzene rings is 1. The number of hydrogen-bond acceptors (Lipinski definition) is 2. The first-order valence-electron chi connectivity index (χ1n) is 7.27. The van der Waals surface area contributed by atoms with E-state index in [-0.39, 0.29) is 18.4 Å². The van der Waals surface area contributed by atoms with Crippen molar-refractivity contribution in [2.24, 2.45) is 11.7 Å². The standard InChI is InChI=1S/C16H26N2.ClH/c1-13(2)5-10-16(17)14-6-8-15(9-7-14)18-11-3-4-12-18;/h6-9,13,16H,3-5,10-12,17H2,1-2H3;1H/t16-;/m1./s1. The van der Waals surface area contributed by atoms with Crippen LogP contribution in [0.5, 0.6) is 0 Å². The summed E-state index contributed by atoms with van der Waals surface area (Å²) in [6.45, 7) is 6.92. The quantitative estimate of drug-likeness (QED) is 0.879. The molecule has 108 valence electrons. The van der Waals surface area contributed by atoms with Crippen molar-refractivity contribution < 1.29 is 0 Å². The lowest BCUT2D eigenvalue weighted by Crippen LogP contribution is -2.17. The predicted molar refractivity (Wildman–Crippen MR) is 86.1 cm³/mol. The predicted octanol–water partition coefficient (Wildman–Crippen LogP) is 4.14. The van der Waals surface area contributed by atoms with Gasteiger partial charge in [-0.3, -0.25) is 0 Å². The third kappa shape index (κ3) is 4.70. The molecule has 0 amide bonds. The third-order valence-corrected chi connectivity index (χ3v) is 3.85. The molecule has 1 aromatic carbocycles. The van der Waals surface area contributed by atoms with Gasteiger partial charge in [-0.2, -0.15) is 0 Å². The van der Waals surface area contributed by atoms with Crippen molar-refractivity contribution >= 4 is 18.1 Å². The zero-order chi connectivity index (χ0) is 13.0. The van der Waals surface area contributed by atoms with Crippen LogP contribution in [0.1, 0.15) is 51.1 Å². The van der Waals surface area contributed by atoms with Crippen LogP contribution in [0.15, 0.2) is 24.3 Å². The molecule has 1 fully saturated rings. The van der Waals surface area contributed by atoms with Gasteiger partial charge in [0.05, 0.1) is 0 Å². The summed E-state index contributed by atoms with van der Waals surface area (Å²) < 4.78 is 0. The largest absolute Gasteiger partial charge is 0.372 e. The molecule has 0 radical (unpaired) electrons. The van der Waals surface area contributed by atoms with Gasteiger partial charge in [0.2, 0.25) is 0 Å². The van der Waals surface area contributed by atoms with Crippen molar-refractivity contribution in [3.8, 4) is 0 Å². The van der Waals surface area contributed by atoms with Gasteiger partial charge in [0.15, 0.2) is 0 Å². The van der Waals surface area contributed by atoms with Gasteiger partial charge < -0.3 is 10.6 Å². The lowest BCUT2D eigenvalue weighted by atomic mass is 9.98. The highest BCUT2D eigenvalue weighted by Crippen LogP contribution is 2.24. The molecular formula is C16H27ClN2. The Morgan fingerprint density at radius 1 is 1.05 bits per heavy atom. The minimum Gasteiger partial charge on any atom is -0.372 e. The molecule has 1 aromatic rings. The van der Waals surface area contributed by atoms with E-state index in [1.54, 1.807) is 0 Å². The molecule has 2 nitrogen and oxygen atoms in total. The Morgan fingerprint density at radius 2 is 1.63 bits per heavy atom. The van der Waals surface area contributed by atoms with Crippen molar-refractivity contribution in [3.05, 3.63) is 29.8 Å². The van der Waals surface area contributed by atoms with Crippen LogP contribution in [-0.2, 0) is 0 Å². The first kappa shape index (κ1) is 16.3. The maximum Gasteiger partial charge on any atom is 0.0366 e. The maximum absolute atomic E-state index is 6.23. The van der Waals surface area contributed by atoms with Gasteiger partial charge in [0.25, 0.3) is 0 Å². The topological polar surface area (TPSA) is 29.3 Å². The Hall–Kier alpha value is -0.730. The minimum absolute atomic E-state index is 0. The van der Waals surface area contributed by atoms with Crippen LogP contribution in [0, 0.1) is 5.92 Å². The van der Waals surface area contributed by atoms with Gasteiger partial charge in [-0.25, -0.2) is 0 Å². The molecule has 2 rings (SSSR count). The van der Waals surface area contributed by atoms with Crippen LogP contribution < -0.4 is 10.6 Å². The van der Waals surface area contributed by atoms with Crippen molar-refractivity contribution in [2.45, 2.75) is 45.6 Å². The summed E-state index contributed by atoms with van der Waals surface area (Å²) in [4.78, 5) is 2.46. The number of hydrogen-bond donors (Lipinski definition) is 1. The average Bonchev–Trinajstić information content (AvgIpc) is 2.90. The monoisotopic (exact) mass is 282 g/mol. The second-order valence-corrected chi connectivity index (χ2v) is 5.86. The van der Waals surface area contributed by atoms with Crippen LogP contribution in [0.25, 0.3) is 0 Å². The van der Waals surface area contributed by atoms with Gasteiger partial charge in [-0.15, -0.1) is 12.4 Å². The molecule has 0 saturated carbocycles. The van der Waals surface area contributed by atoms with E-state index in [9.17, 15) is 0 Å². The van der Waals surface area contributed by atoms with Crippen molar-refractivity contribution in [1.82, 2.24) is 0 Å². The first-order valence-corrected chi connectivity index (χ1v) is 7.27. The normalized spacial score (nSPS) is 16.5. The lowest BCUT2D eigenvalue weighted by Gasteiger charge is -2.19. The molecule has 1 aliphatic rings. The third-order valence-electron chi connectivity index (χ3n) is 3.85. The van der Waals surface area contributed by atoms with E-state index in [4.69, 9.17) is 5.73 Å². The molecule has 0 bridgehead atoms. The molecule has 2 N–H and O–H groups in total. The Morgan fingerprint density at radius 3 is 2.16 bits per heavy atom. The van der Waals surface area contributed by atoms with Crippen LogP contribution in [0.4, 0.5) is 5.69 Å². The Labute approximate surface area is 123 Å². The summed E-state index contributed by atoms with van der Waals surface area (Å²) in [6, 6.07) is 9.07. The summed E-state index contributed by atoms with van der Waals surface area (Å²) in [6.07, 6.45) is 4.95. The average molecular weight is 283 g/mol. The fourth-order valence-corrected chi connectivity index (χ4v) is 2.59. The highest BCUT2D eigenvalue weighted by molar-refractivity contribution is 5.85. The molecule has 1 saturated heterocycles. The van der Waals surface area contributed by atoms with Gasteiger partial charge >= 0.3 is 0 Å². The van der Waals surface area contributed by atoms with E-state index in [0.717, 1.165) is 12.3 Å². The molecule has 19 heavy (non-hydrogen) atoms. The molecule has 0 aromatic heterocycles. The fourth-order valence-electron chi connectivity index (χ4n) is 2.59. The molecule has 3 heteroatoms. The molecule has 1 atom stereocenters. The number of anilines is 1. The smallest absolute Gasteiger partial charge is 0.0366 e. The summed E-state index contributed by atoms with van der Waals surface area (Å²) in [5.41, 5.74) is 8.86. The number of nitrogens with two attached hydrogens (primary N) is 1. The summed E-state index contributed by atoms with van der Waals surface area (Å²) in [5.74, 6) is 0.736. The van der Waals surface area contributed by atoms with E-state index in [1.165, 1.54) is 43.6 Å². The van der Waals surface area contributed by atoms with Crippen molar-refractivity contribution in [2.75, 3.05) is 18.0 Å². The molecule has 1 aliphatic heterocycles. The molecule has 1 heterocycles. The number of halogens is 1. The van der Waals surface area contributed by atoms with E-state index in [2.05, 4.69) is 43.0 Å². The minimum atomic E-state index is 0. The Balaban J connectivity index is 0.00000180. The molecular weight excluding hydrogens is 256 g/mol. The number of nitrogens with zero attached hydrogens (tertiary/aromatic N) is 1. The van der Waals surface area contributed by atoms with E-state index < -0.39 is 0 Å². The second kappa shape index (κ2) is 7.76.